The van der Waals surface area contributed by atoms with Gasteiger partial charge in [-0.25, -0.2) is 15.0 Å². The summed E-state index contributed by atoms with van der Waals surface area (Å²) in [4.78, 5) is 16.1. The van der Waals surface area contributed by atoms with Crippen LogP contribution >= 0.6 is 0 Å². The van der Waals surface area contributed by atoms with E-state index in [4.69, 9.17) is 9.72 Å². The topological polar surface area (TPSA) is 106 Å². The van der Waals surface area contributed by atoms with Crippen LogP contribution in [-0.4, -0.2) is 63.1 Å². The molecule has 0 amide bonds. The van der Waals surface area contributed by atoms with Gasteiger partial charge >= 0.3 is 0 Å². The van der Waals surface area contributed by atoms with Gasteiger partial charge in [0.25, 0.3) is 0 Å². The number of hydrogen-bond acceptors (Lipinski definition) is 9. The van der Waals surface area contributed by atoms with E-state index >= 15 is 0 Å². The summed E-state index contributed by atoms with van der Waals surface area (Å²) in [5.41, 5.74) is 5.03. The first-order valence-corrected chi connectivity index (χ1v) is 10.1. The number of rotatable bonds is 5. The average Bonchev–Trinajstić information content (AvgIpc) is 3.21. The van der Waals surface area contributed by atoms with Gasteiger partial charge in [0.05, 0.1) is 37.5 Å². The molecule has 3 aromatic heterocycles. The van der Waals surface area contributed by atoms with Gasteiger partial charge < -0.3 is 24.8 Å². The maximum Gasteiger partial charge on any atom is 0.182 e. The SMILES string of the molecule is CNc1nc(Nc2ccc(N3CCOCC3)cc2)cnc1-c1cnnc2c1ncn2C. The fourth-order valence-corrected chi connectivity index (χ4v) is 3.65. The quantitative estimate of drug-likeness (QED) is 0.506. The summed E-state index contributed by atoms with van der Waals surface area (Å²) in [6.45, 7) is 3.37. The van der Waals surface area contributed by atoms with E-state index in [1.165, 1.54) is 5.69 Å². The Labute approximate surface area is 179 Å². The molecule has 31 heavy (non-hydrogen) atoms. The predicted octanol–water partition coefficient (Wildman–Crippen LogP) is 2.44. The first kappa shape index (κ1) is 19.2. The van der Waals surface area contributed by atoms with Crippen molar-refractivity contribution in [2.24, 2.45) is 7.05 Å². The van der Waals surface area contributed by atoms with Crippen LogP contribution in [0.3, 0.4) is 0 Å². The molecule has 1 saturated heterocycles. The van der Waals surface area contributed by atoms with Crippen LogP contribution in [-0.2, 0) is 11.8 Å². The second kappa shape index (κ2) is 8.15. The van der Waals surface area contributed by atoms with Gasteiger partial charge in [-0.2, -0.15) is 5.10 Å². The van der Waals surface area contributed by atoms with Crippen molar-refractivity contribution in [1.29, 1.82) is 0 Å². The Morgan fingerprint density at radius 1 is 1.03 bits per heavy atom. The van der Waals surface area contributed by atoms with E-state index in [2.05, 4.69) is 47.8 Å². The first-order chi connectivity index (χ1) is 15.2. The molecule has 1 aliphatic heterocycles. The zero-order valence-electron chi connectivity index (χ0n) is 17.4. The molecule has 1 aliphatic rings. The summed E-state index contributed by atoms with van der Waals surface area (Å²) < 4.78 is 7.25. The van der Waals surface area contributed by atoms with Crippen molar-refractivity contribution in [2.75, 3.05) is 48.9 Å². The lowest BCUT2D eigenvalue weighted by atomic mass is 10.2. The Morgan fingerprint density at radius 3 is 2.61 bits per heavy atom. The number of hydrogen-bond donors (Lipinski definition) is 2. The molecule has 10 nitrogen and oxygen atoms in total. The third-order valence-corrected chi connectivity index (χ3v) is 5.28. The maximum atomic E-state index is 5.42. The van der Waals surface area contributed by atoms with Gasteiger partial charge in [-0.15, -0.1) is 5.10 Å². The van der Waals surface area contributed by atoms with Gasteiger partial charge in [-0.3, -0.25) is 0 Å². The van der Waals surface area contributed by atoms with E-state index in [1.54, 1.807) is 18.7 Å². The molecule has 0 bridgehead atoms. The second-order valence-electron chi connectivity index (χ2n) is 7.26. The van der Waals surface area contributed by atoms with Gasteiger partial charge in [-0.1, -0.05) is 0 Å². The number of nitrogens with one attached hydrogen (secondary N) is 2. The number of ether oxygens (including phenoxy) is 1. The number of benzene rings is 1. The number of anilines is 4. The summed E-state index contributed by atoms with van der Waals surface area (Å²) in [6.07, 6.45) is 5.09. The third kappa shape index (κ3) is 3.73. The van der Waals surface area contributed by atoms with Crippen LogP contribution in [0.25, 0.3) is 22.4 Å². The lowest BCUT2D eigenvalue weighted by molar-refractivity contribution is 0.122. The summed E-state index contributed by atoms with van der Waals surface area (Å²) in [5.74, 6) is 1.28. The Balaban J connectivity index is 1.40. The van der Waals surface area contributed by atoms with Crippen molar-refractivity contribution in [3.63, 3.8) is 0 Å². The Bertz CT molecular complexity index is 1200. The molecule has 0 aliphatic carbocycles. The van der Waals surface area contributed by atoms with Crippen LogP contribution < -0.4 is 15.5 Å². The van der Waals surface area contributed by atoms with Crippen molar-refractivity contribution in [1.82, 2.24) is 29.7 Å². The van der Waals surface area contributed by atoms with Crippen LogP contribution in [0, 0.1) is 0 Å². The normalized spacial score (nSPS) is 14.1. The van der Waals surface area contributed by atoms with Crippen molar-refractivity contribution in [2.45, 2.75) is 0 Å². The number of imidazole rings is 1. The fraction of sp³-hybridized carbons (Fsp3) is 0.286. The largest absolute Gasteiger partial charge is 0.378 e. The predicted molar refractivity (Wildman–Crippen MR) is 120 cm³/mol. The van der Waals surface area contributed by atoms with Gasteiger partial charge in [0.15, 0.2) is 17.3 Å². The van der Waals surface area contributed by atoms with Crippen molar-refractivity contribution >= 4 is 34.2 Å². The summed E-state index contributed by atoms with van der Waals surface area (Å²) in [6, 6.07) is 8.30. The van der Waals surface area contributed by atoms with Gasteiger partial charge in [0.1, 0.15) is 11.2 Å². The van der Waals surface area contributed by atoms with E-state index in [0.29, 0.717) is 23.0 Å². The number of fused-ring (bicyclic) bond motifs is 1. The smallest absolute Gasteiger partial charge is 0.182 e. The van der Waals surface area contributed by atoms with E-state index in [0.717, 1.165) is 43.1 Å². The van der Waals surface area contributed by atoms with Crippen LogP contribution in [0.5, 0.6) is 0 Å². The molecule has 1 fully saturated rings. The molecule has 5 rings (SSSR count). The van der Waals surface area contributed by atoms with Crippen molar-refractivity contribution in [3.05, 3.63) is 43.0 Å². The fourth-order valence-electron chi connectivity index (χ4n) is 3.65. The minimum absolute atomic E-state index is 0.634. The number of morpholine rings is 1. The van der Waals surface area contributed by atoms with Crippen LogP contribution in [0.1, 0.15) is 0 Å². The minimum atomic E-state index is 0.634. The molecule has 158 valence electrons. The zero-order valence-corrected chi connectivity index (χ0v) is 17.4. The average molecular weight is 417 g/mol. The molecule has 4 heterocycles. The van der Waals surface area contributed by atoms with Crippen molar-refractivity contribution in [3.8, 4) is 11.3 Å². The second-order valence-corrected chi connectivity index (χ2v) is 7.26. The maximum absolute atomic E-state index is 5.42. The Kier molecular flexibility index (Phi) is 5.04. The monoisotopic (exact) mass is 417 g/mol. The molecule has 2 N–H and O–H groups in total. The molecule has 0 radical (unpaired) electrons. The van der Waals surface area contributed by atoms with Crippen molar-refractivity contribution < 1.29 is 4.74 Å². The van der Waals surface area contributed by atoms with Crippen LogP contribution in [0.2, 0.25) is 0 Å². The highest BCUT2D eigenvalue weighted by Crippen LogP contribution is 2.30. The Morgan fingerprint density at radius 2 is 1.84 bits per heavy atom. The molecule has 0 atom stereocenters. The molecule has 0 saturated carbocycles. The van der Waals surface area contributed by atoms with Gasteiger partial charge in [-0.05, 0) is 24.3 Å². The molecule has 0 unspecified atom stereocenters. The number of nitrogens with zero attached hydrogens (tertiary/aromatic N) is 7. The number of aromatic nitrogens is 6. The van der Waals surface area contributed by atoms with E-state index in [-0.39, 0.29) is 0 Å². The van der Waals surface area contributed by atoms with E-state index in [1.807, 2.05) is 30.8 Å². The summed E-state index contributed by atoms with van der Waals surface area (Å²) in [5, 5.41) is 14.7. The highest BCUT2D eigenvalue weighted by Gasteiger charge is 2.16. The highest BCUT2D eigenvalue weighted by atomic mass is 16.5. The van der Waals surface area contributed by atoms with Crippen LogP contribution in [0.4, 0.5) is 23.0 Å². The zero-order chi connectivity index (χ0) is 21.2. The van der Waals surface area contributed by atoms with Gasteiger partial charge in [0.2, 0.25) is 0 Å². The molecule has 4 aromatic rings. The molecule has 0 spiro atoms. The Hall–Kier alpha value is -3.79. The molecule has 1 aromatic carbocycles. The summed E-state index contributed by atoms with van der Waals surface area (Å²) >= 11 is 0. The lowest BCUT2D eigenvalue weighted by Crippen LogP contribution is -2.36. The highest BCUT2D eigenvalue weighted by molar-refractivity contribution is 5.91. The summed E-state index contributed by atoms with van der Waals surface area (Å²) in [7, 11) is 3.70. The number of aryl methyl sites for hydroxylation is 1. The van der Waals surface area contributed by atoms with E-state index in [9.17, 15) is 0 Å². The van der Waals surface area contributed by atoms with Crippen LogP contribution in [0.15, 0.2) is 43.0 Å². The van der Waals surface area contributed by atoms with Gasteiger partial charge in [0, 0.05) is 38.6 Å². The molecular formula is C21H23N9O. The minimum Gasteiger partial charge on any atom is -0.378 e. The molecule has 10 heteroatoms. The first-order valence-electron chi connectivity index (χ1n) is 10.1. The lowest BCUT2D eigenvalue weighted by Gasteiger charge is -2.28. The standard InChI is InChI=1S/C21H23N9O/c1-22-20-18(16-11-25-28-21-19(16)24-13-29(21)2)23-12-17(27-20)26-14-3-5-15(6-4-14)30-7-9-31-10-8-30/h3-6,11-13H,7-10H2,1-2H3,(H2,22,26,27). The van der Waals surface area contributed by atoms with E-state index < -0.39 is 0 Å². The third-order valence-electron chi connectivity index (χ3n) is 5.28. The molecular weight excluding hydrogens is 394 g/mol.